The van der Waals surface area contributed by atoms with Crippen LogP contribution in [0.3, 0.4) is 0 Å². The van der Waals surface area contributed by atoms with Gasteiger partial charge in [-0.25, -0.2) is 0 Å². The highest BCUT2D eigenvalue weighted by atomic mass is 16.5. The number of methoxy groups -OCH3 is 2. The summed E-state index contributed by atoms with van der Waals surface area (Å²) in [6, 6.07) is 12.9. The Hall–Kier alpha value is -3.36. The lowest BCUT2D eigenvalue weighted by Crippen LogP contribution is -2.39. The SMILES string of the molecule is COc1cc(NC2=C(c3ccc(C)cc3)C(=O)N(CCCN3CCOCC3)C2=O)cc(OC)c1. The van der Waals surface area contributed by atoms with Crippen molar-refractivity contribution in [1.29, 1.82) is 0 Å². The fourth-order valence-corrected chi connectivity index (χ4v) is 4.18. The molecule has 0 aromatic heterocycles. The number of nitrogens with zero attached hydrogens (tertiary/aromatic N) is 2. The van der Waals surface area contributed by atoms with Crippen molar-refractivity contribution in [3.8, 4) is 11.5 Å². The van der Waals surface area contributed by atoms with Crippen LogP contribution in [0.4, 0.5) is 5.69 Å². The summed E-state index contributed by atoms with van der Waals surface area (Å²) in [5.41, 5.74) is 3.02. The molecule has 2 aliphatic rings. The van der Waals surface area contributed by atoms with E-state index in [4.69, 9.17) is 14.2 Å². The van der Waals surface area contributed by atoms with Gasteiger partial charge in [-0.3, -0.25) is 19.4 Å². The van der Waals surface area contributed by atoms with Crippen LogP contribution in [0.25, 0.3) is 5.57 Å². The first-order valence-corrected chi connectivity index (χ1v) is 11.5. The average Bonchev–Trinajstić information content (AvgIpc) is 3.09. The number of rotatable bonds is 9. The third-order valence-electron chi connectivity index (χ3n) is 6.09. The Labute approximate surface area is 200 Å². The Morgan fingerprint density at radius 1 is 0.912 bits per heavy atom. The zero-order valence-electron chi connectivity index (χ0n) is 19.9. The van der Waals surface area contributed by atoms with Crippen LogP contribution in [0, 0.1) is 6.92 Å². The molecule has 0 bridgehead atoms. The number of imide groups is 1. The molecule has 0 atom stereocenters. The second-order valence-corrected chi connectivity index (χ2v) is 8.41. The van der Waals surface area contributed by atoms with Gasteiger partial charge in [-0.2, -0.15) is 0 Å². The molecular weight excluding hydrogens is 434 g/mol. The minimum atomic E-state index is -0.329. The van der Waals surface area contributed by atoms with Crippen LogP contribution < -0.4 is 14.8 Å². The number of carbonyl (C=O) groups is 2. The van der Waals surface area contributed by atoms with E-state index in [1.165, 1.54) is 4.90 Å². The van der Waals surface area contributed by atoms with E-state index in [1.54, 1.807) is 32.4 Å². The number of carbonyl (C=O) groups excluding carboxylic acids is 2. The molecule has 2 aromatic rings. The molecule has 34 heavy (non-hydrogen) atoms. The van der Waals surface area contributed by atoms with Crippen molar-refractivity contribution in [1.82, 2.24) is 9.80 Å². The number of nitrogens with one attached hydrogen (secondary N) is 1. The van der Waals surface area contributed by atoms with Gasteiger partial charge in [0.2, 0.25) is 0 Å². The highest BCUT2D eigenvalue weighted by Crippen LogP contribution is 2.33. The van der Waals surface area contributed by atoms with Crippen molar-refractivity contribution < 1.29 is 23.8 Å². The van der Waals surface area contributed by atoms with Gasteiger partial charge in [0.25, 0.3) is 11.8 Å². The van der Waals surface area contributed by atoms with Gasteiger partial charge >= 0.3 is 0 Å². The van der Waals surface area contributed by atoms with Crippen molar-refractivity contribution in [2.45, 2.75) is 13.3 Å². The molecule has 2 aliphatic heterocycles. The predicted octanol–water partition coefficient (Wildman–Crippen LogP) is 2.93. The van der Waals surface area contributed by atoms with Crippen molar-refractivity contribution in [2.75, 3.05) is 58.9 Å². The monoisotopic (exact) mass is 465 g/mol. The van der Waals surface area contributed by atoms with Crippen LogP contribution in [0.5, 0.6) is 11.5 Å². The van der Waals surface area contributed by atoms with Crippen LogP contribution >= 0.6 is 0 Å². The summed E-state index contributed by atoms with van der Waals surface area (Å²) in [7, 11) is 3.13. The number of anilines is 1. The lowest BCUT2D eigenvalue weighted by Gasteiger charge is -2.27. The molecule has 8 heteroatoms. The molecule has 2 aromatic carbocycles. The molecule has 2 heterocycles. The maximum Gasteiger partial charge on any atom is 0.278 e. The number of hydrogen-bond donors (Lipinski definition) is 1. The standard InChI is InChI=1S/C26H31N3O5/c1-18-5-7-19(8-6-18)23-24(27-20-15-21(32-2)17-22(16-20)33-3)26(31)29(25(23)30)10-4-9-28-11-13-34-14-12-28/h5-8,15-17,27H,4,9-14H2,1-3H3. The molecule has 0 spiro atoms. The molecule has 0 unspecified atom stereocenters. The van der Waals surface area contributed by atoms with Gasteiger partial charge in [0.1, 0.15) is 17.2 Å². The molecule has 0 aliphatic carbocycles. The highest BCUT2D eigenvalue weighted by Gasteiger charge is 2.39. The molecule has 0 radical (unpaired) electrons. The normalized spacial score (nSPS) is 16.9. The first kappa shape index (κ1) is 23.8. The maximum atomic E-state index is 13.5. The van der Waals surface area contributed by atoms with Crippen LogP contribution in [0.15, 0.2) is 48.2 Å². The van der Waals surface area contributed by atoms with E-state index in [2.05, 4.69) is 10.2 Å². The topological polar surface area (TPSA) is 80.3 Å². The summed E-state index contributed by atoms with van der Waals surface area (Å²) in [4.78, 5) is 30.5. The van der Waals surface area contributed by atoms with Gasteiger partial charge in [-0.1, -0.05) is 29.8 Å². The second-order valence-electron chi connectivity index (χ2n) is 8.41. The van der Waals surface area contributed by atoms with E-state index >= 15 is 0 Å². The zero-order chi connectivity index (χ0) is 24.1. The van der Waals surface area contributed by atoms with Crippen molar-refractivity contribution in [2.24, 2.45) is 0 Å². The van der Waals surface area contributed by atoms with E-state index < -0.39 is 0 Å². The smallest absolute Gasteiger partial charge is 0.278 e. The highest BCUT2D eigenvalue weighted by molar-refractivity contribution is 6.36. The minimum absolute atomic E-state index is 0.260. The quantitative estimate of drug-likeness (QED) is 0.571. The number of hydrogen-bond acceptors (Lipinski definition) is 7. The van der Waals surface area contributed by atoms with Gasteiger partial charge in [0.05, 0.1) is 33.0 Å². The third kappa shape index (κ3) is 5.24. The van der Waals surface area contributed by atoms with E-state index in [1.807, 2.05) is 31.2 Å². The van der Waals surface area contributed by atoms with Crippen molar-refractivity contribution in [3.05, 3.63) is 59.3 Å². The lowest BCUT2D eigenvalue weighted by molar-refractivity contribution is -0.136. The van der Waals surface area contributed by atoms with E-state index in [9.17, 15) is 9.59 Å². The largest absolute Gasteiger partial charge is 0.497 e. The summed E-state index contributed by atoms with van der Waals surface area (Å²) in [6.07, 6.45) is 0.707. The third-order valence-corrected chi connectivity index (χ3v) is 6.09. The van der Waals surface area contributed by atoms with Crippen molar-refractivity contribution in [3.63, 3.8) is 0 Å². The number of morpholine rings is 1. The van der Waals surface area contributed by atoms with Crippen molar-refractivity contribution >= 4 is 23.1 Å². The second kappa shape index (κ2) is 10.7. The molecule has 180 valence electrons. The van der Waals surface area contributed by atoms with Crippen LogP contribution in [0.2, 0.25) is 0 Å². The molecule has 0 saturated carbocycles. The molecule has 2 amide bonds. The van der Waals surface area contributed by atoms with Gasteiger partial charge in [-0.05, 0) is 18.9 Å². The fourth-order valence-electron chi connectivity index (χ4n) is 4.18. The summed E-state index contributed by atoms with van der Waals surface area (Å²) in [6.45, 7) is 6.35. The van der Waals surface area contributed by atoms with Gasteiger partial charge in [0.15, 0.2) is 0 Å². The van der Waals surface area contributed by atoms with Gasteiger partial charge in [-0.15, -0.1) is 0 Å². The van der Waals surface area contributed by atoms with E-state index in [-0.39, 0.29) is 17.5 Å². The Bertz CT molecular complexity index is 1050. The number of benzene rings is 2. The Morgan fingerprint density at radius 2 is 1.56 bits per heavy atom. The molecule has 1 N–H and O–H groups in total. The summed E-state index contributed by atoms with van der Waals surface area (Å²) >= 11 is 0. The fraction of sp³-hybridized carbons (Fsp3) is 0.385. The van der Waals surface area contributed by atoms with Crippen LogP contribution in [-0.4, -0.2) is 75.2 Å². The van der Waals surface area contributed by atoms with Crippen LogP contribution in [0.1, 0.15) is 17.5 Å². The Kier molecular flexibility index (Phi) is 7.49. The lowest BCUT2D eigenvalue weighted by atomic mass is 10.0. The molecule has 4 rings (SSSR count). The summed E-state index contributed by atoms with van der Waals surface area (Å²) < 4.78 is 16.1. The molecule has 1 fully saturated rings. The predicted molar refractivity (Wildman–Crippen MR) is 130 cm³/mol. The summed E-state index contributed by atoms with van der Waals surface area (Å²) in [5.74, 6) is 0.550. The first-order chi connectivity index (χ1) is 16.5. The minimum Gasteiger partial charge on any atom is -0.497 e. The summed E-state index contributed by atoms with van der Waals surface area (Å²) in [5, 5.41) is 3.18. The van der Waals surface area contributed by atoms with E-state index in [0.717, 1.165) is 38.4 Å². The Morgan fingerprint density at radius 3 is 2.18 bits per heavy atom. The number of ether oxygens (including phenoxy) is 3. The average molecular weight is 466 g/mol. The van der Waals surface area contributed by atoms with Crippen LogP contribution in [-0.2, 0) is 14.3 Å². The van der Waals surface area contributed by atoms with Gasteiger partial charge < -0.3 is 19.5 Å². The molecule has 1 saturated heterocycles. The Balaban J connectivity index is 1.60. The van der Waals surface area contributed by atoms with E-state index in [0.29, 0.717) is 41.3 Å². The molecule has 8 nitrogen and oxygen atoms in total. The first-order valence-electron chi connectivity index (χ1n) is 11.5. The van der Waals surface area contributed by atoms with Gasteiger partial charge in [0, 0.05) is 50.1 Å². The number of amides is 2. The number of aryl methyl sites for hydroxylation is 1. The molecular formula is C26H31N3O5. The maximum absolute atomic E-state index is 13.5. The zero-order valence-corrected chi connectivity index (χ0v) is 19.9.